The molecule has 1 amide bonds. The van der Waals surface area contributed by atoms with Gasteiger partial charge in [-0.15, -0.1) is 0 Å². The Bertz CT molecular complexity index is 612. The van der Waals surface area contributed by atoms with Crippen LogP contribution in [0, 0.1) is 0 Å². The van der Waals surface area contributed by atoms with Crippen molar-refractivity contribution in [2.75, 3.05) is 31.9 Å². The van der Waals surface area contributed by atoms with Crippen LogP contribution in [0.1, 0.15) is 44.7 Å². The van der Waals surface area contributed by atoms with Gasteiger partial charge in [0.15, 0.2) is 5.16 Å². The van der Waals surface area contributed by atoms with Crippen LogP contribution in [0.15, 0.2) is 16.0 Å². The van der Waals surface area contributed by atoms with Gasteiger partial charge in [-0.25, -0.2) is 4.98 Å². The third kappa shape index (κ3) is 6.82. The second-order valence-corrected chi connectivity index (χ2v) is 7.55. The number of carbonyl (C=O) groups excluding carboxylic acids is 1. The summed E-state index contributed by atoms with van der Waals surface area (Å²) in [5, 5.41) is 3.77. The van der Waals surface area contributed by atoms with Gasteiger partial charge in [0.05, 0.1) is 0 Å². The average molecular weight is 367 g/mol. The SMILES string of the molecule is CCc1cc(=O)n(C)c(SCCCCC(=O)NCCN2CCCC2)n1. The molecule has 1 aliphatic heterocycles. The number of aryl methyl sites for hydroxylation is 1. The van der Waals surface area contributed by atoms with Crippen LogP contribution in [0.2, 0.25) is 0 Å². The number of hydrogen-bond acceptors (Lipinski definition) is 5. The largest absolute Gasteiger partial charge is 0.355 e. The van der Waals surface area contributed by atoms with Crippen LogP contribution in [-0.2, 0) is 18.3 Å². The summed E-state index contributed by atoms with van der Waals surface area (Å²) in [7, 11) is 1.75. The molecule has 1 fully saturated rings. The molecule has 25 heavy (non-hydrogen) atoms. The number of thioether (sulfide) groups is 1. The molecule has 0 unspecified atom stereocenters. The van der Waals surface area contributed by atoms with Gasteiger partial charge in [0.2, 0.25) is 5.91 Å². The number of carbonyl (C=O) groups is 1. The van der Waals surface area contributed by atoms with Gasteiger partial charge in [0.25, 0.3) is 5.56 Å². The van der Waals surface area contributed by atoms with Crippen LogP contribution >= 0.6 is 11.8 Å². The number of amides is 1. The molecule has 140 valence electrons. The van der Waals surface area contributed by atoms with E-state index in [0.717, 1.165) is 49.0 Å². The molecular formula is C18H30N4O2S. The zero-order valence-electron chi connectivity index (χ0n) is 15.4. The minimum atomic E-state index is -0.00766. The first-order valence-electron chi connectivity index (χ1n) is 9.29. The van der Waals surface area contributed by atoms with E-state index in [2.05, 4.69) is 15.2 Å². The highest BCUT2D eigenvalue weighted by molar-refractivity contribution is 7.99. The second-order valence-electron chi connectivity index (χ2n) is 6.49. The fourth-order valence-electron chi connectivity index (χ4n) is 2.87. The summed E-state index contributed by atoms with van der Waals surface area (Å²) in [6.45, 7) is 6.06. The highest BCUT2D eigenvalue weighted by Gasteiger charge is 2.11. The van der Waals surface area contributed by atoms with Crippen molar-refractivity contribution in [2.45, 2.75) is 50.6 Å². The molecule has 1 saturated heterocycles. The van der Waals surface area contributed by atoms with E-state index in [4.69, 9.17) is 0 Å². The molecule has 0 spiro atoms. The molecule has 0 bridgehead atoms. The third-order valence-electron chi connectivity index (χ3n) is 4.49. The van der Waals surface area contributed by atoms with E-state index in [1.165, 1.54) is 25.9 Å². The van der Waals surface area contributed by atoms with E-state index in [1.54, 1.807) is 29.4 Å². The maximum atomic E-state index is 11.8. The van der Waals surface area contributed by atoms with Gasteiger partial charge in [-0.3, -0.25) is 14.2 Å². The zero-order chi connectivity index (χ0) is 18.1. The lowest BCUT2D eigenvalue weighted by Gasteiger charge is -2.14. The zero-order valence-corrected chi connectivity index (χ0v) is 16.2. The fourth-order valence-corrected chi connectivity index (χ4v) is 3.87. The molecule has 6 nitrogen and oxygen atoms in total. The topological polar surface area (TPSA) is 67.2 Å². The van der Waals surface area contributed by atoms with Gasteiger partial charge in [-0.2, -0.15) is 0 Å². The molecule has 7 heteroatoms. The number of nitrogens with one attached hydrogen (secondary N) is 1. The van der Waals surface area contributed by atoms with Gasteiger partial charge >= 0.3 is 0 Å². The Labute approximate surface area is 154 Å². The minimum Gasteiger partial charge on any atom is -0.355 e. The predicted octanol–water partition coefficient (Wildman–Crippen LogP) is 1.82. The Morgan fingerprint density at radius 2 is 2.08 bits per heavy atom. The lowest BCUT2D eigenvalue weighted by Crippen LogP contribution is -2.33. The fraction of sp³-hybridized carbons (Fsp3) is 0.722. The third-order valence-corrected chi connectivity index (χ3v) is 5.60. The lowest BCUT2D eigenvalue weighted by molar-refractivity contribution is -0.121. The monoisotopic (exact) mass is 366 g/mol. The van der Waals surface area contributed by atoms with Gasteiger partial charge in [0.1, 0.15) is 0 Å². The Hall–Kier alpha value is -1.34. The summed E-state index contributed by atoms with van der Waals surface area (Å²) < 4.78 is 1.59. The average Bonchev–Trinajstić information content (AvgIpc) is 3.11. The maximum absolute atomic E-state index is 11.8. The molecule has 0 aliphatic carbocycles. The van der Waals surface area contributed by atoms with Crippen LogP contribution in [0.3, 0.4) is 0 Å². The minimum absolute atomic E-state index is 0.00766. The molecule has 0 radical (unpaired) electrons. The summed E-state index contributed by atoms with van der Waals surface area (Å²) in [6.07, 6.45) is 5.71. The highest BCUT2D eigenvalue weighted by Crippen LogP contribution is 2.16. The van der Waals surface area contributed by atoms with E-state index in [9.17, 15) is 9.59 Å². The van der Waals surface area contributed by atoms with E-state index < -0.39 is 0 Å². The molecule has 0 saturated carbocycles. The Morgan fingerprint density at radius 3 is 2.80 bits per heavy atom. The number of rotatable bonds is 10. The smallest absolute Gasteiger partial charge is 0.254 e. The Kier molecular flexibility index (Phi) is 8.48. The van der Waals surface area contributed by atoms with Crippen LogP contribution in [-0.4, -0.2) is 52.3 Å². The van der Waals surface area contributed by atoms with Crippen molar-refractivity contribution in [3.05, 3.63) is 22.1 Å². The summed E-state index contributed by atoms with van der Waals surface area (Å²) in [5.74, 6) is 1.01. The summed E-state index contributed by atoms with van der Waals surface area (Å²) in [5.41, 5.74) is 0.828. The summed E-state index contributed by atoms with van der Waals surface area (Å²) in [4.78, 5) is 30.6. The van der Waals surface area contributed by atoms with E-state index in [-0.39, 0.29) is 11.5 Å². The van der Waals surface area contributed by atoms with E-state index >= 15 is 0 Å². The van der Waals surface area contributed by atoms with E-state index in [0.29, 0.717) is 6.42 Å². The second kappa shape index (κ2) is 10.6. The van der Waals surface area contributed by atoms with E-state index in [1.807, 2.05) is 6.92 Å². The normalized spacial score (nSPS) is 14.8. The molecular weight excluding hydrogens is 336 g/mol. The number of hydrogen-bond donors (Lipinski definition) is 1. The Balaban J connectivity index is 1.59. The summed E-state index contributed by atoms with van der Waals surface area (Å²) in [6, 6.07) is 1.59. The van der Waals surface area contributed by atoms with Crippen LogP contribution in [0.25, 0.3) is 0 Å². The van der Waals surface area contributed by atoms with Crippen molar-refractivity contribution in [3.8, 4) is 0 Å². The number of aromatic nitrogens is 2. The van der Waals surface area contributed by atoms with Crippen LogP contribution in [0.4, 0.5) is 0 Å². The number of unbranched alkanes of at least 4 members (excludes halogenated alkanes) is 1. The van der Waals surface area contributed by atoms with Gasteiger partial charge in [-0.1, -0.05) is 18.7 Å². The molecule has 1 aliphatic rings. The van der Waals surface area contributed by atoms with Crippen molar-refractivity contribution in [2.24, 2.45) is 7.05 Å². The van der Waals surface area contributed by atoms with Crippen molar-refractivity contribution < 1.29 is 4.79 Å². The van der Waals surface area contributed by atoms with Gasteiger partial charge < -0.3 is 10.2 Å². The van der Waals surface area contributed by atoms with Crippen molar-refractivity contribution in [1.29, 1.82) is 0 Å². The predicted molar refractivity (Wildman–Crippen MR) is 102 cm³/mol. The highest BCUT2D eigenvalue weighted by atomic mass is 32.2. The lowest BCUT2D eigenvalue weighted by atomic mass is 10.2. The first-order valence-corrected chi connectivity index (χ1v) is 10.3. The molecule has 0 atom stereocenters. The van der Waals surface area contributed by atoms with Crippen LogP contribution in [0.5, 0.6) is 0 Å². The number of nitrogens with zero attached hydrogens (tertiary/aromatic N) is 3. The maximum Gasteiger partial charge on any atom is 0.254 e. The first-order chi connectivity index (χ1) is 12.1. The van der Waals surface area contributed by atoms with Crippen molar-refractivity contribution in [3.63, 3.8) is 0 Å². The molecule has 2 heterocycles. The van der Waals surface area contributed by atoms with Gasteiger partial charge in [0, 0.05) is 44.1 Å². The first kappa shape index (κ1) is 20.0. The van der Waals surface area contributed by atoms with Crippen LogP contribution < -0.4 is 10.9 Å². The quantitative estimate of drug-likeness (QED) is 0.389. The Morgan fingerprint density at radius 1 is 1.32 bits per heavy atom. The molecule has 1 N–H and O–H groups in total. The molecule has 1 aromatic heterocycles. The van der Waals surface area contributed by atoms with Crippen molar-refractivity contribution in [1.82, 2.24) is 19.8 Å². The van der Waals surface area contributed by atoms with Gasteiger partial charge in [-0.05, 0) is 45.2 Å². The molecule has 1 aromatic rings. The summed E-state index contributed by atoms with van der Waals surface area (Å²) >= 11 is 1.59. The standard InChI is InChI=1S/C18H30N4O2S/c1-3-15-14-17(24)21(2)18(20-15)25-13-7-4-8-16(23)19-9-12-22-10-5-6-11-22/h14H,3-13H2,1-2H3,(H,19,23). The molecule has 2 rings (SSSR count). The number of likely N-dealkylation sites (tertiary alicyclic amines) is 1. The van der Waals surface area contributed by atoms with Crippen molar-refractivity contribution >= 4 is 17.7 Å². The molecule has 0 aromatic carbocycles.